The number of halogens is 1. The summed E-state index contributed by atoms with van der Waals surface area (Å²) in [6, 6.07) is 6.94. The lowest BCUT2D eigenvalue weighted by atomic mass is 10.3. The van der Waals surface area contributed by atoms with Gasteiger partial charge in [-0.2, -0.15) is 0 Å². The van der Waals surface area contributed by atoms with Crippen LogP contribution in [0.15, 0.2) is 29.6 Å². The van der Waals surface area contributed by atoms with Crippen LogP contribution in [-0.4, -0.2) is 16.1 Å². The number of benzene rings is 1. The first kappa shape index (κ1) is 11.9. The summed E-state index contributed by atoms with van der Waals surface area (Å²) in [5.74, 6) is -0.361. The van der Waals surface area contributed by atoms with E-state index in [9.17, 15) is 4.79 Å². The highest BCUT2D eigenvalue weighted by Gasteiger charge is 2.08. The minimum absolute atomic E-state index is 0.0460. The Kier molecular flexibility index (Phi) is 3.61. The standard InChI is InChI=1S/C11H8ClNO3S/c12-7-1-3-8(4-2-7)16-5-10-13-9(6-17-10)11(14)15/h1-4,6H,5H2,(H,14,15). The third kappa shape index (κ3) is 3.18. The second kappa shape index (κ2) is 5.16. The van der Waals surface area contributed by atoms with E-state index in [-0.39, 0.29) is 12.3 Å². The fourth-order valence-electron chi connectivity index (χ4n) is 1.15. The molecule has 0 unspecified atom stereocenters. The van der Waals surface area contributed by atoms with Crippen molar-refractivity contribution in [2.45, 2.75) is 6.61 Å². The number of nitrogens with zero attached hydrogens (tertiary/aromatic N) is 1. The Labute approximate surface area is 106 Å². The largest absolute Gasteiger partial charge is 0.486 e. The van der Waals surface area contributed by atoms with Crippen molar-refractivity contribution in [1.29, 1.82) is 0 Å². The quantitative estimate of drug-likeness (QED) is 0.927. The maximum absolute atomic E-state index is 10.6. The van der Waals surface area contributed by atoms with Crippen molar-refractivity contribution >= 4 is 28.9 Å². The van der Waals surface area contributed by atoms with Gasteiger partial charge in [0.05, 0.1) is 0 Å². The Balaban J connectivity index is 1.97. The number of rotatable bonds is 4. The van der Waals surface area contributed by atoms with Crippen molar-refractivity contribution in [3.05, 3.63) is 45.4 Å². The molecule has 1 heterocycles. The molecule has 0 saturated heterocycles. The minimum Gasteiger partial charge on any atom is -0.486 e. The van der Waals surface area contributed by atoms with Gasteiger partial charge in [-0.25, -0.2) is 9.78 Å². The summed E-state index contributed by atoms with van der Waals surface area (Å²) in [4.78, 5) is 14.5. The van der Waals surface area contributed by atoms with Crippen LogP contribution in [0.4, 0.5) is 0 Å². The summed E-state index contributed by atoms with van der Waals surface area (Å²) in [7, 11) is 0. The fraction of sp³-hybridized carbons (Fsp3) is 0.0909. The Morgan fingerprint density at radius 2 is 2.12 bits per heavy atom. The Morgan fingerprint density at radius 1 is 1.41 bits per heavy atom. The molecule has 1 N–H and O–H groups in total. The topological polar surface area (TPSA) is 59.4 Å². The van der Waals surface area contributed by atoms with Crippen LogP contribution in [0.5, 0.6) is 5.75 Å². The number of thiazole rings is 1. The molecule has 2 aromatic rings. The second-order valence-corrected chi connectivity index (χ2v) is 4.55. The third-order valence-corrected chi connectivity index (χ3v) is 3.02. The number of carbonyl (C=O) groups is 1. The van der Waals surface area contributed by atoms with Gasteiger partial charge in [-0.15, -0.1) is 11.3 Å². The van der Waals surface area contributed by atoms with Gasteiger partial charge in [0.15, 0.2) is 5.69 Å². The number of aromatic nitrogens is 1. The van der Waals surface area contributed by atoms with E-state index in [4.69, 9.17) is 21.4 Å². The van der Waals surface area contributed by atoms with Crippen LogP contribution < -0.4 is 4.74 Å². The average Bonchev–Trinajstić information content (AvgIpc) is 2.77. The highest BCUT2D eigenvalue weighted by molar-refractivity contribution is 7.09. The average molecular weight is 270 g/mol. The van der Waals surface area contributed by atoms with Crippen LogP contribution >= 0.6 is 22.9 Å². The van der Waals surface area contributed by atoms with Crippen LogP contribution in [-0.2, 0) is 6.61 Å². The summed E-state index contributed by atoms with van der Waals surface area (Å²) in [6.45, 7) is 0.250. The lowest BCUT2D eigenvalue weighted by molar-refractivity contribution is 0.0691. The molecule has 0 radical (unpaired) electrons. The van der Waals surface area contributed by atoms with Gasteiger partial charge < -0.3 is 9.84 Å². The van der Waals surface area contributed by atoms with Crippen LogP contribution in [0.2, 0.25) is 5.02 Å². The van der Waals surface area contributed by atoms with Crippen molar-refractivity contribution in [1.82, 2.24) is 4.98 Å². The minimum atomic E-state index is -1.03. The van der Waals surface area contributed by atoms with Gasteiger partial charge in [-0.05, 0) is 24.3 Å². The van der Waals surface area contributed by atoms with Gasteiger partial charge in [0.2, 0.25) is 0 Å². The SMILES string of the molecule is O=C(O)c1csc(COc2ccc(Cl)cc2)n1. The highest BCUT2D eigenvalue weighted by Crippen LogP contribution is 2.18. The molecule has 0 aliphatic heterocycles. The molecule has 2 rings (SSSR count). The molecule has 0 saturated carbocycles. The van der Waals surface area contributed by atoms with E-state index in [0.717, 1.165) is 0 Å². The first-order valence-electron chi connectivity index (χ1n) is 4.71. The van der Waals surface area contributed by atoms with Crippen molar-refractivity contribution in [2.24, 2.45) is 0 Å². The van der Waals surface area contributed by atoms with Gasteiger partial charge in [-0.1, -0.05) is 11.6 Å². The van der Waals surface area contributed by atoms with E-state index in [1.165, 1.54) is 16.7 Å². The Hall–Kier alpha value is -1.59. The molecule has 0 amide bonds. The van der Waals surface area contributed by atoms with E-state index in [0.29, 0.717) is 15.8 Å². The predicted octanol–water partition coefficient (Wildman–Crippen LogP) is 3.07. The molecule has 1 aromatic heterocycles. The Bertz CT molecular complexity index is 524. The van der Waals surface area contributed by atoms with Crippen LogP contribution in [0.3, 0.4) is 0 Å². The fourth-order valence-corrected chi connectivity index (χ4v) is 1.96. The van der Waals surface area contributed by atoms with Crippen molar-refractivity contribution in [3.8, 4) is 5.75 Å². The molecule has 17 heavy (non-hydrogen) atoms. The van der Waals surface area contributed by atoms with Gasteiger partial charge >= 0.3 is 5.97 Å². The molecule has 88 valence electrons. The first-order valence-corrected chi connectivity index (χ1v) is 5.97. The summed E-state index contributed by atoms with van der Waals surface area (Å²) in [5, 5.41) is 11.5. The van der Waals surface area contributed by atoms with E-state index in [1.807, 2.05) is 0 Å². The number of carboxylic acids is 1. The number of hydrogen-bond donors (Lipinski definition) is 1. The smallest absolute Gasteiger partial charge is 0.355 e. The number of ether oxygens (including phenoxy) is 1. The Morgan fingerprint density at radius 3 is 2.71 bits per heavy atom. The molecule has 0 bridgehead atoms. The molecular formula is C11H8ClNO3S. The lowest BCUT2D eigenvalue weighted by Crippen LogP contribution is -1.99. The van der Waals surface area contributed by atoms with E-state index in [1.54, 1.807) is 24.3 Å². The van der Waals surface area contributed by atoms with Crippen molar-refractivity contribution < 1.29 is 14.6 Å². The zero-order valence-electron chi connectivity index (χ0n) is 8.59. The van der Waals surface area contributed by atoms with Crippen LogP contribution in [0.1, 0.15) is 15.5 Å². The monoisotopic (exact) mass is 269 g/mol. The van der Waals surface area contributed by atoms with Crippen molar-refractivity contribution in [3.63, 3.8) is 0 Å². The summed E-state index contributed by atoms with van der Waals surface area (Å²) >= 11 is 6.99. The van der Waals surface area contributed by atoms with E-state index in [2.05, 4.69) is 4.98 Å². The van der Waals surface area contributed by atoms with Gasteiger partial charge in [0, 0.05) is 10.4 Å². The summed E-state index contributed by atoms with van der Waals surface area (Å²) in [5.41, 5.74) is 0.0460. The number of carboxylic acid groups (broad SMARTS) is 1. The molecule has 0 fully saturated rings. The molecule has 4 nitrogen and oxygen atoms in total. The third-order valence-electron chi connectivity index (χ3n) is 1.95. The predicted molar refractivity (Wildman–Crippen MR) is 64.9 cm³/mol. The number of hydrogen-bond acceptors (Lipinski definition) is 4. The zero-order valence-corrected chi connectivity index (χ0v) is 10.2. The zero-order chi connectivity index (χ0) is 12.3. The normalized spacial score (nSPS) is 10.2. The van der Waals surface area contributed by atoms with Gasteiger partial charge in [0.1, 0.15) is 17.4 Å². The van der Waals surface area contributed by atoms with E-state index >= 15 is 0 Å². The summed E-state index contributed by atoms with van der Waals surface area (Å²) < 4.78 is 5.44. The molecule has 0 aliphatic rings. The van der Waals surface area contributed by atoms with Crippen LogP contribution in [0, 0.1) is 0 Å². The molecule has 0 aliphatic carbocycles. The summed E-state index contributed by atoms with van der Waals surface area (Å²) in [6.07, 6.45) is 0. The first-order chi connectivity index (χ1) is 8.15. The maximum atomic E-state index is 10.6. The lowest BCUT2D eigenvalue weighted by Gasteiger charge is -2.03. The highest BCUT2D eigenvalue weighted by atomic mass is 35.5. The van der Waals surface area contributed by atoms with E-state index < -0.39 is 5.97 Å². The van der Waals surface area contributed by atoms with Gasteiger partial charge in [-0.3, -0.25) is 0 Å². The maximum Gasteiger partial charge on any atom is 0.355 e. The molecule has 1 aromatic carbocycles. The van der Waals surface area contributed by atoms with Gasteiger partial charge in [0.25, 0.3) is 0 Å². The number of aromatic carboxylic acids is 1. The molecule has 0 atom stereocenters. The second-order valence-electron chi connectivity index (χ2n) is 3.17. The molecule has 0 spiro atoms. The molecule has 6 heteroatoms. The van der Waals surface area contributed by atoms with Crippen LogP contribution in [0.25, 0.3) is 0 Å². The molecular weight excluding hydrogens is 262 g/mol. The van der Waals surface area contributed by atoms with Crippen molar-refractivity contribution in [2.75, 3.05) is 0 Å².